The van der Waals surface area contributed by atoms with Crippen molar-refractivity contribution in [3.05, 3.63) is 0 Å². The van der Waals surface area contributed by atoms with E-state index in [-0.39, 0.29) is 19.9 Å². The van der Waals surface area contributed by atoms with E-state index in [0.29, 0.717) is 5.75 Å². The normalized spacial score (nSPS) is 22.1. The predicted octanol–water partition coefficient (Wildman–Crippen LogP) is 7.33. The van der Waals surface area contributed by atoms with Crippen molar-refractivity contribution in [2.75, 3.05) is 30.7 Å². The van der Waals surface area contributed by atoms with Gasteiger partial charge in [0.1, 0.15) is 10.1 Å². The van der Waals surface area contributed by atoms with Crippen LogP contribution in [0.15, 0.2) is 0 Å². The summed E-state index contributed by atoms with van der Waals surface area (Å²) in [4.78, 5) is 0. The maximum absolute atomic E-state index is 13.0. The Bertz CT molecular complexity index is 379. The molecule has 0 rings (SSSR count). The molecule has 0 nitrogen and oxygen atoms in total. The fourth-order valence-electron chi connectivity index (χ4n) is 2.16. The molecule has 0 amide bonds. The summed E-state index contributed by atoms with van der Waals surface area (Å²) in [5, 5.41) is 0. The van der Waals surface area contributed by atoms with Crippen molar-refractivity contribution in [3.63, 3.8) is 0 Å². The summed E-state index contributed by atoms with van der Waals surface area (Å²) in [5.41, 5.74) is 0. The van der Waals surface area contributed by atoms with Crippen LogP contribution in [0.1, 0.15) is 40.0 Å². The molecule has 0 fully saturated rings. The van der Waals surface area contributed by atoms with Gasteiger partial charge in [-0.2, -0.15) is 13.2 Å². The summed E-state index contributed by atoms with van der Waals surface area (Å²) < 4.78 is 49.9. The van der Waals surface area contributed by atoms with Gasteiger partial charge in [0, 0.05) is 6.84 Å². The third-order valence-electron chi connectivity index (χ3n) is 3.85. The summed E-state index contributed by atoms with van der Waals surface area (Å²) in [6, 6.07) is 0. The van der Waals surface area contributed by atoms with Crippen LogP contribution in [0.3, 0.4) is 0 Å². The zero-order chi connectivity index (χ0) is 18.7. The highest BCUT2D eigenvalue weighted by Gasteiger charge is 2.49. The van der Waals surface area contributed by atoms with Gasteiger partial charge in [0.15, 0.2) is 0 Å². The zero-order valence-electron chi connectivity index (χ0n) is 14.3. The summed E-state index contributed by atoms with van der Waals surface area (Å²) in [7, 11) is -1.12. The Labute approximate surface area is 180 Å². The Hall–Kier alpha value is 2.26. The second kappa shape index (κ2) is 8.97. The van der Waals surface area contributed by atoms with Crippen molar-refractivity contribution in [1.29, 1.82) is 0 Å². The summed E-state index contributed by atoms with van der Waals surface area (Å²) in [6.45, 7) is 4.97. The number of alkyl halides is 7. The molecule has 0 aliphatic heterocycles. The van der Waals surface area contributed by atoms with E-state index < -0.39 is 19.6 Å². The SMILES string of the molecule is CC(I)(CF)CCC(C)(I)CS(C)(C)CCC(C)(I)C(F)(F)F. The molecule has 0 aromatic carbocycles. The first-order chi connectivity index (χ1) is 9.93. The van der Waals surface area contributed by atoms with E-state index in [9.17, 15) is 17.6 Å². The van der Waals surface area contributed by atoms with E-state index in [4.69, 9.17) is 0 Å². The molecule has 0 saturated heterocycles. The number of halogens is 7. The van der Waals surface area contributed by atoms with Gasteiger partial charge >= 0.3 is 6.18 Å². The van der Waals surface area contributed by atoms with Gasteiger partial charge in [-0.25, -0.2) is 14.4 Å². The van der Waals surface area contributed by atoms with Crippen LogP contribution in [-0.2, 0) is 0 Å². The van der Waals surface area contributed by atoms with E-state index >= 15 is 0 Å². The number of hydrogen-bond donors (Lipinski definition) is 0. The van der Waals surface area contributed by atoms with Gasteiger partial charge < -0.3 is 0 Å². The van der Waals surface area contributed by atoms with Crippen molar-refractivity contribution >= 4 is 77.8 Å². The molecule has 23 heavy (non-hydrogen) atoms. The van der Waals surface area contributed by atoms with Gasteiger partial charge in [0.25, 0.3) is 0 Å². The van der Waals surface area contributed by atoms with Gasteiger partial charge in [-0.05, 0) is 64.1 Å². The van der Waals surface area contributed by atoms with E-state index in [1.54, 1.807) is 0 Å². The molecule has 0 N–H and O–H groups in total. The Morgan fingerprint density at radius 1 is 0.826 bits per heavy atom. The van der Waals surface area contributed by atoms with Crippen molar-refractivity contribution < 1.29 is 17.6 Å². The fourth-order valence-corrected chi connectivity index (χ4v) is 8.74. The van der Waals surface area contributed by atoms with Crippen molar-refractivity contribution in [3.8, 4) is 0 Å². The second-order valence-corrected chi connectivity index (χ2v) is 19.3. The fraction of sp³-hybridized carbons (Fsp3) is 1.00. The van der Waals surface area contributed by atoms with Crippen LogP contribution in [0.2, 0.25) is 0 Å². The summed E-state index contributed by atoms with van der Waals surface area (Å²) in [5.74, 6) is 1.51. The van der Waals surface area contributed by atoms with Gasteiger partial charge in [-0.1, -0.05) is 67.8 Å². The Kier molecular flexibility index (Phi) is 9.85. The van der Waals surface area contributed by atoms with Crippen LogP contribution in [0.4, 0.5) is 17.6 Å². The first-order valence-corrected chi connectivity index (χ1v) is 13.3. The lowest BCUT2D eigenvalue weighted by Gasteiger charge is -2.41. The first kappa shape index (κ1) is 25.3. The molecular formula is C15H27F4I3S. The molecule has 142 valence electrons. The van der Waals surface area contributed by atoms with E-state index in [1.165, 1.54) is 29.5 Å². The highest BCUT2D eigenvalue weighted by molar-refractivity contribution is 14.1. The van der Waals surface area contributed by atoms with E-state index in [1.807, 2.05) is 6.92 Å². The maximum Gasteiger partial charge on any atom is 0.402 e. The quantitative estimate of drug-likeness (QED) is 0.135. The van der Waals surface area contributed by atoms with E-state index in [0.717, 1.165) is 18.6 Å². The zero-order valence-corrected chi connectivity index (χ0v) is 21.6. The Morgan fingerprint density at radius 2 is 1.26 bits per heavy atom. The van der Waals surface area contributed by atoms with Crippen molar-refractivity contribution in [1.82, 2.24) is 0 Å². The molecule has 8 heteroatoms. The first-order valence-electron chi connectivity index (χ1n) is 7.31. The summed E-state index contributed by atoms with van der Waals surface area (Å²) >= 11 is 6.10. The van der Waals surface area contributed by atoms with Crippen LogP contribution in [0.5, 0.6) is 0 Å². The van der Waals surface area contributed by atoms with Crippen LogP contribution in [-0.4, -0.2) is 47.1 Å². The van der Waals surface area contributed by atoms with Crippen molar-refractivity contribution in [2.24, 2.45) is 0 Å². The predicted molar refractivity (Wildman–Crippen MR) is 122 cm³/mol. The minimum absolute atomic E-state index is 0.00188. The third kappa shape index (κ3) is 10.2. The van der Waals surface area contributed by atoms with Crippen LogP contribution in [0.25, 0.3) is 0 Å². The molecule has 0 spiro atoms. The molecule has 0 bridgehead atoms. The van der Waals surface area contributed by atoms with Gasteiger partial charge in [-0.3, -0.25) is 0 Å². The molecule has 3 unspecified atom stereocenters. The highest BCUT2D eigenvalue weighted by Crippen LogP contribution is 2.51. The second-order valence-electron chi connectivity index (χ2n) is 7.52. The Morgan fingerprint density at radius 3 is 1.65 bits per heavy atom. The number of rotatable bonds is 9. The standard InChI is InChI=1S/C15H27F4I3S/c1-12(20,10-16)6-7-13(2,21)11-23(4,5)9-8-14(3,22)15(17,18)19/h6-11H2,1-5H3. The number of hydrogen-bond acceptors (Lipinski definition) is 0. The minimum Gasteiger partial charge on any atom is -0.250 e. The average molecular weight is 696 g/mol. The van der Waals surface area contributed by atoms with Crippen LogP contribution >= 0.6 is 77.8 Å². The summed E-state index contributed by atoms with van der Waals surface area (Å²) in [6.07, 6.45) is 1.89. The lowest BCUT2D eigenvalue weighted by molar-refractivity contribution is -0.150. The molecule has 0 aliphatic carbocycles. The average Bonchev–Trinajstić information content (AvgIpc) is 2.32. The molecule has 3 atom stereocenters. The van der Waals surface area contributed by atoms with Crippen molar-refractivity contribution in [2.45, 2.75) is 56.5 Å². The Balaban J connectivity index is 4.66. The lowest BCUT2D eigenvalue weighted by Crippen LogP contribution is -2.38. The van der Waals surface area contributed by atoms with E-state index in [2.05, 4.69) is 64.6 Å². The smallest absolute Gasteiger partial charge is 0.250 e. The molecule has 0 aliphatic rings. The van der Waals surface area contributed by atoms with Crippen LogP contribution in [0, 0.1) is 0 Å². The van der Waals surface area contributed by atoms with Gasteiger partial charge in [-0.15, -0.1) is 0 Å². The molecule has 0 heterocycles. The van der Waals surface area contributed by atoms with Crippen LogP contribution < -0.4 is 0 Å². The molecule has 0 aromatic rings. The monoisotopic (exact) mass is 696 g/mol. The van der Waals surface area contributed by atoms with Gasteiger partial charge in [0.2, 0.25) is 0 Å². The highest BCUT2D eigenvalue weighted by atomic mass is 127. The molecule has 0 saturated carbocycles. The molecule has 0 aromatic heterocycles. The molecular weight excluding hydrogens is 669 g/mol. The minimum atomic E-state index is -4.17. The lowest BCUT2D eigenvalue weighted by atomic mass is 10.0. The topological polar surface area (TPSA) is 0 Å². The third-order valence-corrected chi connectivity index (χ3v) is 10.00. The molecule has 0 radical (unpaired) electrons. The largest absolute Gasteiger partial charge is 0.402 e. The van der Waals surface area contributed by atoms with Gasteiger partial charge in [0.05, 0.1) is 0 Å². The maximum atomic E-state index is 13.0.